The summed E-state index contributed by atoms with van der Waals surface area (Å²) in [6.07, 6.45) is -0.414. The number of ketones is 1. The fraction of sp³-hybridized carbons (Fsp3) is 0.750. The number of hydrogen-bond acceptors (Lipinski definition) is 3. The first kappa shape index (κ1) is 9.19. The molecule has 4 nitrogen and oxygen atoms in total. The van der Waals surface area contributed by atoms with Crippen molar-refractivity contribution in [2.75, 3.05) is 19.7 Å². The summed E-state index contributed by atoms with van der Waals surface area (Å²) in [4.78, 5) is 23.5. The number of rotatable bonds is 1. The van der Waals surface area contributed by atoms with Crippen LogP contribution >= 0.6 is 0 Å². The summed E-state index contributed by atoms with van der Waals surface area (Å²) in [5, 5.41) is 0. The van der Waals surface area contributed by atoms with E-state index in [-0.39, 0.29) is 11.7 Å². The Kier molecular flexibility index (Phi) is 2.81. The standard InChI is InChI=1S/C8H13NO3/c1-6(10)8-5-9(7(2)11)3-4-12-8/h8H,3-5H2,1-2H3. The second-order valence-corrected chi connectivity index (χ2v) is 2.94. The van der Waals surface area contributed by atoms with E-state index >= 15 is 0 Å². The molecule has 0 aromatic rings. The maximum Gasteiger partial charge on any atom is 0.219 e. The molecule has 0 spiro atoms. The summed E-state index contributed by atoms with van der Waals surface area (Å²) in [5.41, 5.74) is 0. The highest BCUT2D eigenvalue weighted by Gasteiger charge is 2.24. The number of carbonyl (C=O) groups excluding carboxylic acids is 2. The zero-order chi connectivity index (χ0) is 9.14. The number of hydrogen-bond donors (Lipinski definition) is 0. The van der Waals surface area contributed by atoms with Crippen LogP contribution in [0.25, 0.3) is 0 Å². The lowest BCUT2D eigenvalue weighted by Crippen LogP contribution is -2.47. The topological polar surface area (TPSA) is 46.6 Å². The minimum atomic E-state index is -0.414. The van der Waals surface area contributed by atoms with Gasteiger partial charge in [0, 0.05) is 13.5 Å². The lowest BCUT2D eigenvalue weighted by Gasteiger charge is -2.30. The van der Waals surface area contributed by atoms with Crippen LogP contribution in [-0.2, 0) is 14.3 Å². The Morgan fingerprint density at radius 2 is 2.08 bits per heavy atom. The van der Waals surface area contributed by atoms with Crippen molar-refractivity contribution in [1.82, 2.24) is 4.90 Å². The first-order valence-electron chi connectivity index (χ1n) is 3.99. The van der Waals surface area contributed by atoms with Gasteiger partial charge in [0.1, 0.15) is 6.10 Å². The van der Waals surface area contributed by atoms with E-state index in [1.807, 2.05) is 0 Å². The van der Waals surface area contributed by atoms with E-state index in [1.165, 1.54) is 13.8 Å². The second kappa shape index (κ2) is 3.67. The Labute approximate surface area is 71.5 Å². The largest absolute Gasteiger partial charge is 0.367 e. The molecule has 0 bridgehead atoms. The minimum Gasteiger partial charge on any atom is -0.367 e. The molecule has 1 heterocycles. The van der Waals surface area contributed by atoms with Crippen molar-refractivity contribution in [2.45, 2.75) is 20.0 Å². The molecule has 1 rings (SSSR count). The lowest BCUT2D eigenvalue weighted by atomic mass is 10.2. The molecule has 68 valence electrons. The first-order valence-corrected chi connectivity index (χ1v) is 3.99. The Balaban J connectivity index is 2.51. The molecule has 1 atom stereocenters. The molecule has 0 aliphatic carbocycles. The molecular weight excluding hydrogens is 158 g/mol. The molecule has 1 unspecified atom stereocenters. The monoisotopic (exact) mass is 171 g/mol. The van der Waals surface area contributed by atoms with E-state index < -0.39 is 6.10 Å². The van der Waals surface area contributed by atoms with Gasteiger partial charge in [-0.05, 0) is 6.92 Å². The van der Waals surface area contributed by atoms with Crippen LogP contribution in [0.2, 0.25) is 0 Å². The van der Waals surface area contributed by atoms with Gasteiger partial charge < -0.3 is 9.64 Å². The number of nitrogens with zero attached hydrogens (tertiary/aromatic N) is 1. The Morgan fingerprint density at radius 1 is 1.42 bits per heavy atom. The van der Waals surface area contributed by atoms with Crippen molar-refractivity contribution < 1.29 is 14.3 Å². The van der Waals surface area contributed by atoms with Crippen molar-refractivity contribution in [2.24, 2.45) is 0 Å². The molecule has 1 aliphatic rings. The van der Waals surface area contributed by atoms with E-state index in [0.29, 0.717) is 19.7 Å². The Hall–Kier alpha value is -0.900. The zero-order valence-electron chi connectivity index (χ0n) is 7.37. The molecular formula is C8H13NO3. The lowest BCUT2D eigenvalue weighted by molar-refractivity contribution is -0.143. The Morgan fingerprint density at radius 3 is 2.58 bits per heavy atom. The number of ether oxygens (including phenoxy) is 1. The number of Topliss-reactive ketones (excluding diaryl/α,β-unsaturated/α-hetero) is 1. The maximum absolute atomic E-state index is 10.9. The van der Waals surface area contributed by atoms with Crippen molar-refractivity contribution in [3.63, 3.8) is 0 Å². The summed E-state index contributed by atoms with van der Waals surface area (Å²) in [6.45, 7) is 4.45. The van der Waals surface area contributed by atoms with E-state index in [2.05, 4.69) is 0 Å². The van der Waals surface area contributed by atoms with Gasteiger partial charge in [0.2, 0.25) is 5.91 Å². The number of carbonyl (C=O) groups is 2. The highest BCUT2D eigenvalue weighted by molar-refractivity contribution is 5.82. The smallest absolute Gasteiger partial charge is 0.219 e. The molecule has 1 saturated heterocycles. The maximum atomic E-state index is 10.9. The van der Waals surface area contributed by atoms with Crippen molar-refractivity contribution in [1.29, 1.82) is 0 Å². The van der Waals surface area contributed by atoms with Gasteiger partial charge >= 0.3 is 0 Å². The molecule has 1 aliphatic heterocycles. The summed E-state index contributed by atoms with van der Waals surface area (Å²) in [5.74, 6) is -0.00880. The highest BCUT2D eigenvalue weighted by Crippen LogP contribution is 2.05. The molecule has 0 radical (unpaired) electrons. The Bertz CT molecular complexity index is 182. The fourth-order valence-corrected chi connectivity index (χ4v) is 1.18. The van der Waals surface area contributed by atoms with E-state index in [9.17, 15) is 9.59 Å². The second-order valence-electron chi connectivity index (χ2n) is 2.94. The summed E-state index contributed by atoms with van der Waals surface area (Å²) in [7, 11) is 0. The van der Waals surface area contributed by atoms with Gasteiger partial charge in [-0.25, -0.2) is 0 Å². The highest BCUT2D eigenvalue weighted by atomic mass is 16.5. The van der Waals surface area contributed by atoms with Crippen LogP contribution in [0.1, 0.15) is 13.8 Å². The minimum absolute atomic E-state index is 0.00421. The van der Waals surface area contributed by atoms with E-state index in [1.54, 1.807) is 4.90 Å². The first-order chi connectivity index (χ1) is 5.61. The van der Waals surface area contributed by atoms with E-state index in [4.69, 9.17) is 4.74 Å². The normalized spacial score (nSPS) is 23.8. The molecule has 1 fully saturated rings. The average molecular weight is 171 g/mol. The van der Waals surface area contributed by atoms with Gasteiger partial charge in [-0.2, -0.15) is 0 Å². The molecule has 0 saturated carbocycles. The quantitative estimate of drug-likeness (QED) is 0.550. The average Bonchev–Trinajstić information content (AvgIpc) is 2.04. The summed E-state index contributed by atoms with van der Waals surface area (Å²) in [6, 6.07) is 0. The number of amides is 1. The SMILES string of the molecule is CC(=O)C1CN(C(C)=O)CCO1. The third kappa shape index (κ3) is 2.04. The van der Waals surface area contributed by atoms with Crippen LogP contribution < -0.4 is 0 Å². The molecule has 4 heteroatoms. The van der Waals surface area contributed by atoms with E-state index in [0.717, 1.165) is 0 Å². The van der Waals surface area contributed by atoms with Gasteiger partial charge in [0.05, 0.1) is 13.2 Å². The van der Waals surface area contributed by atoms with Gasteiger partial charge in [-0.1, -0.05) is 0 Å². The van der Waals surface area contributed by atoms with Crippen LogP contribution in [0, 0.1) is 0 Å². The molecule has 12 heavy (non-hydrogen) atoms. The van der Waals surface area contributed by atoms with Crippen LogP contribution in [0.3, 0.4) is 0 Å². The summed E-state index contributed by atoms with van der Waals surface area (Å²) < 4.78 is 5.18. The van der Waals surface area contributed by atoms with Crippen LogP contribution in [0.5, 0.6) is 0 Å². The summed E-state index contributed by atoms with van der Waals surface area (Å²) >= 11 is 0. The van der Waals surface area contributed by atoms with Gasteiger partial charge in [-0.15, -0.1) is 0 Å². The van der Waals surface area contributed by atoms with Crippen LogP contribution in [0.15, 0.2) is 0 Å². The molecule has 0 N–H and O–H groups in total. The van der Waals surface area contributed by atoms with Crippen molar-refractivity contribution >= 4 is 11.7 Å². The van der Waals surface area contributed by atoms with Gasteiger partial charge in [0.25, 0.3) is 0 Å². The van der Waals surface area contributed by atoms with Crippen LogP contribution in [-0.4, -0.2) is 42.4 Å². The van der Waals surface area contributed by atoms with Crippen molar-refractivity contribution in [3.05, 3.63) is 0 Å². The third-order valence-corrected chi connectivity index (χ3v) is 1.97. The van der Waals surface area contributed by atoms with Gasteiger partial charge in [-0.3, -0.25) is 9.59 Å². The van der Waals surface area contributed by atoms with Crippen molar-refractivity contribution in [3.8, 4) is 0 Å². The molecule has 0 aromatic carbocycles. The van der Waals surface area contributed by atoms with Crippen LogP contribution in [0.4, 0.5) is 0 Å². The van der Waals surface area contributed by atoms with Gasteiger partial charge in [0.15, 0.2) is 5.78 Å². The fourth-order valence-electron chi connectivity index (χ4n) is 1.18. The molecule has 0 aromatic heterocycles. The molecule has 1 amide bonds. The predicted octanol–water partition coefficient (Wildman–Crippen LogP) is -0.177. The number of morpholine rings is 1. The predicted molar refractivity (Wildman–Crippen MR) is 42.7 cm³/mol. The zero-order valence-corrected chi connectivity index (χ0v) is 7.37. The third-order valence-electron chi connectivity index (χ3n) is 1.97.